The number of benzene rings is 1. The number of carbonyl (C=O) groups is 1. The van der Waals surface area contributed by atoms with Crippen LogP contribution in [0.25, 0.3) is 0 Å². The standard InChI is InChI=1S/C16H16ClFN4O3S/c1-9-6-14(15(23)20-11-4-5-26(24,25)8-11)22-16(19-9)21-10-2-3-13(18)12(17)7-10/h2-3,6-7,11H,4-5,8H2,1H3,(H,20,23)(H,19,21,22). The molecule has 1 aromatic heterocycles. The maximum Gasteiger partial charge on any atom is 0.270 e. The molecule has 26 heavy (non-hydrogen) atoms. The van der Waals surface area contributed by atoms with Gasteiger partial charge in [-0.25, -0.2) is 22.8 Å². The van der Waals surface area contributed by atoms with Crippen molar-refractivity contribution in [3.05, 3.63) is 46.5 Å². The summed E-state index contributed by atoms with van der Waals surface area (Å²) < 4.78 is 36.2. The molecule has 1 aromatic carbocycles. The van der Waals surface area contributed by atoms with Gasteiger partial charge in [0.1, 0.15) is 11.5 Å². The second-order valence-electron chi connectivity index (χ2n) is 6.05. The molecule has 2 heterocycles. The number of nitrogens with one attached hydrogen (secondary N) is 2. The minimum Gasteiger partial charge on any atom is -0.347 e. The van der Waals surface area contributed by atoms with Crippen molar-refractivity contribution in [2.24, 2.45) is 0 Å². The first-order chi connectivity index (χ1) is 12.2. The third kappa shape index (κ3) is 4.47. The van der Waals surface area contributed by atoms with Gasteiger partial charge in [0.15, 0.2) is 9.84 Å². The van der Waals surface area contributed by atoms with Crippen LogP contribution in [0, 0.1) is 12.7 Å². The third-order valence-corrected chi connectivity index (χ3v) is 5.89. The van der Waals surface area contributed by atoms with Crippen LogP contribution in [-0.2, 0) is 9.84 Å². The van der Waals surface area contributed by atoms with Gasteiger partial charge in [-0.05, 0) is 37.6 Å². The van der Waals surface area contributed by atoms with E-state index in [4.69, 9.17) is 11.6 Å². The molecule has 7 nitrogen and oxygen atoms in total. The Morgan fingerprint density at radius 1 is 1.31 bits per heavy atom. The molecule has 1 amide bonds. The van der Waals surface area contributed by atoms with E-state index in [2.05, 4.69) is 20.6 Å². The Morgan fingerprint density at radius 2 is 2.08 bits per heavy atom. The van der Waals surface area contributed by atoms with Crippen LogP contribution in [0.15, 0.2) is 24.3 Å². The van der Waals surface area contributed by atoms with Crippen LogP contribution >= 0.6 is 11.6 Å². The lowest BCUT2D eigenvalue weighted by atomic mass is 10.2. The molecule has 0 radical (unpaired) electrons. The predicted octanol–water partition coefficient (Wildman–Crippen LogP) is 2.24. The fraction of sp³-hybridized carbons (Fsp3) is 0.312. The first kappa shape index (κ1) is 18.5. The van der Waals surface area contributed by atoms with Gasteiger partial charge in [0.25, 0.3) is 5.91 Å². The maximum atomic E-state index is 13.2. The first-order valence-corrected chi connectivity index (χ1v) is 10.0. The van der Waals surface area contributed by atoms with Gasteiger partial charge in [0, 0.05) is 17.4 Å². The summed E-state index contributed by atoms with van der Waals surface area (Å²) in [5.74, 6) is -0.871. The number of rotatable bonds is 4. The Kier molecular flexibility index (Phi) is 5.10. The van der Waals surface area contributed by atoms with E-state index in [0.717, 1.165) is 0 Å². The number of aryl methyl sites for hydroxylation is 1. The molecule has 138 valence electrons. The van der Waals surface area contributed by atoms with Crippen LogP contribution < -0.4 is 10.6 Å². The van der Waals surface area contributed by atoms with Crippen molar-refractivity contribution < 1.29 is 17.6 Å². The van der Waals surface area contributed by atoms with Gasteiger partial charge < -0.3 is 10.6 Å². The Bertz CT molecular complexity index is 968. The van der Waals surface area contributed by atoms with Crippen LogP contribution in [0.2, 0.25) is 5.02 Å². The largest absolute Gasteiger partial charge is 0.347 e. The van der Waals surface area contributed by atoms with Crippen molar-refractivity contribution in [2.75, 3.05) is 16.8 Å². The van der Waals surface area contributed by atoms with Gasteiger partial charge in [-0.15, -0.1) is 0 Å². The normalized spacial score (nSPS) is 18.5. The summed E-state index contributed by atoms with van der Waals surface area (Å²) in [6.07, 6.45) is 0.386. The summed E-state index contributed by atoms with van der Waals surface area (Å²) >= 11 is 5.74. The molecule has 0 spiro atoms. The van der Waals surface area contributed by atoms with Crippen LogP contribution in [-0.4, -0.2) is 41.8 Å². The number of anilines is 2. The van der Waals surface area contributed by atoms with E-state index < -0.39 is 27.6 Å². The molecule has 1 saturated heterocycles. The van der Waals surface area contributed by atoms with Crippen molar-refractivity contribution in [3.63, 3.8) is 0 Å². The monoisotopic (exact) mass is 398 g/mol. The molecule has 3 rings (SSSR count). The summed E-state index contributed by atoms with van der Waals surface area (Å²) in [5, 5.41) is 5.49. The quantitative estimate of drug-likeness (QED) is 0.819. The molecule has 0 aliphatic carbocycles. The zero-order valence-corrected chi connectivity index (χ0v) is 15.4. The SMILES string of the molecule is Cc1cc(C(=O)NC2CCS(=O)(=O)C2)nc(Nc2ccc(F)c(Cl)c2)n1. The van der Waals surface area contributed by atoms with E-state index in [1.807, 2.05) is 0 Å². The Hall–Kier alpha value is -2.26. The van der Waals surface area contributed by atoms with Gasteiger partial charge in [0.05, 0.1) is 16.5 Å². The first-order valence-electron chi connectivity index (χ1n) is 7.81. The Labute approximate surface area is 154 Å². The number of halogens is 2. The second-order valence-corrected chi connectivity index (χ2v) is 8.68. The van der Waals surface area contributed by atoms with E-state index in [1.54, 1.807) is 6.92 Å². The van der Waals surface area contributed by atoms with Crippen molar-refractivity contribution in [1.82, 2.24) is 15.3 Å². The van der Waals surface area contributed by atoms with Crippen LogP contribution in [0.1, 0.15) is 22.6 Å². The molecule has 0 saturated carbocycles. The van der Waals surface area contributed by atoms with Crippen LogP contribution in [0.3, 0.4) is 0 Å². The number of nitrogens with zero attached hydrogens (tertiary/aromatic N) is 2. The second kappa shape index (κ2) is 7.16. The van der Waals surface area contributed by atoms with Gasteiger partial charge >= 0.3 is 0 Å². The van der Waals surface area contributed by atoms with Crippen molar-refractivity contribution in [2.45, 2.75) is 19.4 Å². The average molecular weight is 399 g/mol. The summed E-state index contributed by atoms with van der Waals surface area (Å²) in [7, 11) is -3.09. The summed E-state index contributed by atoms with van der Waals surface area (Å²) in [6.45, 7) is 1.70. The molecule has 1 aliphatic rings. The van der Waals surface area contributed by atoms with E-state index in [-0.39, 0.29) is 28.2 Å². The minimum absolute atomic E-state index is 0.0527. The highest BCUT2D eigenvalue weighted by Gasteiger charge is 2.29. The average Bonchev–Trinajstić information content (AvgIpc) is 2.89. The van der Waals surface area contributed by atoms with E-state index in [1.165, 1.54) is 24.3 Å². The lowest BCUT2D eigenvalue weighted by Crippen LogP contribution is -2.36. The van der Waals surface area contributed by atoms with Crippen LogP contribution in [0.4, 0.5) is 16.0 Å². The zero-order valence-electron chi connectivity index (χ0n) is 13.8. The molecular formula is C16H16ClFN4O3S. The molecular weight excluding hydrogens is 383 g/mol. The molecule has 1 aliphatic heterocycles. The Balaban J connectivity index is 1.76. The summed E-state index contributed by atoms with van der Waals surface area (Å²) in [4.78, 5) is 20.7. The fourth-order valence-electron chi connectivity index (χ4n) is 2.61. The van der Waals surface area contributed by atoms with Crippen molar-refractivity contribution >= 4 is 39.0 Å². The van der Waals surface area contributed by atoms with Gasteiger partial charge in [0.2, 0.25) is 5.95 Å². The fourth-order valence-corrected chi connectivity index (χ4v) is 4.47. The summed E-state index contributed by atoms with van der Waals surface area (Å²) in [5.41, 5.74) is 1.12. The highest BCUT2D eigenvalue weighted by molar-refractivity contribution is 7.91. The van der Waals surface area contributed by atoms with Crippen LogP contribution in [0.5, 0.6) is 0 Å². The predicted molar refractivity (Wildman–Crippen MR) is 96.0 cm³/mol. The van der Waals surface area contributed by atoms with Gasteiger partial charge in [-0.2, -0.15) is 0 Å². The zero-order chi connectivity index (χ0) is 18.9. The lowest BCUT2D eigenvalue weighted by molar-refractivity contribution is 0.0936. The number of hydrogen-bond acceptors (Lipinski definition) is 6. The molecule has 1 fully saturated rings. The number of hydrogen-bond donors (Lipinski definition) is 2. The highest BCUT2D eigenvalue weighted by atomic mass is 35.5. The molecule has 1 atom stereocenters. The van der Waals surface area contributed by atoms with E-state index in [0.29, 0.717) is 17.8 Å². The smallest absolute Gasteiger partial charge is 0.270 e. The van der Waals surface area contributed by atoms with Crippen molar-refractivity contribution in [1.29, 1.82) is 0 Å². The summed E-state index contributed by atoms with van der Waals surface area (Å²) in [6, 6.07) is 5.13. The van der Waals surface area contributed by atoms with Gasteiger partial charge in [-0.3, -0.25) is 4.79 Å². The maximum absolute atomic E-state index is 13.2. The number of sulfone groups is 1. The highest BCUT2D eigenvalue weighted by Crippen LogP contribution is 2.21. The number of aromatic nitrogens is 2. The number of carbonyl (C=O) groups excluding carboxylic acids is 1. The van der Waals surface area contributed by atoms with Crippen molar-refractivity contribution in [3.8, 4) is 0 Å². The molecule has 2 N–H and O–H groups in total. The molecule has 1 unspecified atom stereocenters. The third-order valence-electron chi connectivity index (χ3n) is 3.83. The van der Waals surface area contributed by atoms with Gasteiger partial charge in [-0.1, -0.05) is 11.6 Å². The lowest BCUT2D eigenvalue weighted by Gasteiger charge is -2.12. The van der Waals surface area contributed by atoms with E-state index >= 15 is 0 Å². The molecule has 0 bridgehead atoms. The van der Waals surface area contributed by atoms with E-state index in [9.17, 15) is 17.6 Å². The topological polar surface area (TPSA) is 101 Å². The Morgan fingerprint density at radius 3 is 2.73 bits per heavy atom. The molecule has 2 aromatic rings. The minimum atomic E-state index is -3.09. The number of amides is 1. The molecule has 10 heteroatoms.